The van der Waals surface area contributed by atoms with E-state index in [4.69, 9.17) is 27.9 Å². The third-order valence-corrected chi connectivity index (χ3v) is 3.36. The van der Waals surface area contributed by atoms with Gasteiger partial charge in [0.1, 0.15) is 11.9 Å². The van der Waals surface area contributed by atoms with Crippen LogP contribution in [-0.2, 0) is 0 Å². The third-order valence-electron chi connectivity index (χ3n) is 2.86. The van der Waals surface area contributed by atoms with Crippen molar-refractivity contribution in [2.24, 2.45) is 0 Å². The summed E-state index contributed by atoms with van der Waals surface area (Å²) in [6, 6.07) is 13.6. The fourth-order valence-corrected chi connectivity index (χ4v) is 2.56. The van der Waals surface area contributed by atoms with Gasteiger partial charge in [0.25, 0.3) is 0 Å². The van der Waals surface area contributed by atoms with Crippen LogP contribution in [0.4, 0.5) is 0 Å². The Labute approximate surface area is 116 Å². The Morgan fingerprint density at radius 1 is 1.00 bits per heavy atom. The maximum Gasteiger partial charge on any atom is 0.146 e. The van der Waals surface area contributed by atoms with E-state index >= 15 is 0 Å². The molecule has 90 valence electrons. The van der Waals surface area contributed by atoms with E-state index in [-0.39, 0.29) is 6.10 Å². The van der Waals surface area contributed by atoms with E-state index in [2.05, 4.69) is 0 Å². The molecule has 1 aliphatic rings. The summed E-state index contributed by atoms with van der Waals surface area (Å²) in [5.41, 5.74) is 2.02. The Hall–Kier alpha value is -1.44. The molecule has 0 bridgehead atoms. The number of hydrogen-bond acceptors (Lipinski definition) is 1. The minimum atomic E-state index is -0.0997. The highest BCUT2D eigenvalue weighted by Gasteiger charge is 2.19. The van der Waals surface area contributed by atoms with E-state index in [1.54, 1.807) is 6.07 Å². The molecule has 0 saturated carbocycles. The van der Waals surface area contributed by atoms with Gasteiger partial charge in [0.15, 0.2) is 0 Å². The SMILES string of the molecule is Clc1cc(Cl)c2c(c1)C=CC(c1ccccc1)O2. The molecule has 3 rings (SSSR count). The molecule has 18 heavy (non-hydrogen) atoms. The first kappa shape index (κ1) is 11.6. The largest absolute Gasteiger partial charge is 0.479 e. The maximum atomic E-state index is 6.16. The van der Waals surface area contributed by atoms with Crippen molar-refractivity contribution >= 4 is 29.3 Å². The van der Waals surface area contributed by atoms with Gasteiger partial charge in [0.05, 0.1) is 5.02 Å². The smallest absolute Gasteiger partial charge is 0.146 e. The quantitative estimate of drug-likeness (QED) is 0.701. The average molecular weight is 277 g/mol. The van der Waals surface area contributed by atoms with Gasteiger partial charge in [-0.25, -0.2) is 0 Å². The predicted molar refractivity (Wildman–Crippen MR) is 75.3 cm³/mol. The van der Waals surface area contributed by atoms with Crippen molar-refractivity contribution in [1.29, 1.82) is 0 Å². The Morgan fingerprint density at radius 2 is 1.78 bits per heavy atom. The molecule has 0 spiro atoms. The summed E-state index contributed by atoms with van der Waals surface area (Å²) in [6.45, 7) is 0. The fourth-order valence-electron chi connectivity index (χ4n) is 2.01. The van der Waals surface area contributed by atoms with Crippen LogP contribution in [0.1, 0.15) is 17.2 Å². The first-order valence-electron chi connectivity index (χ1n) is 5.63. The molecular weight excluding hydrogens is 267 g/mol. The summed E-state index contributed by atoms with van der Waals surface area (Å²) in [4.78, 5) is 0. The zero-order valence-electron chi connectivity index (χ0n) is 9.44. The van der Waals surface area contributed by atoms with E-state index < -0.39 is 0 Å². The van der Waals surface area contributed by atoms with Crippen LogP contribution in [0.3, 0.4) is 0 Å². The summed E-state index contributed by atoms with van der Waals surface area (Å²) in [7, 11) is 0. The monoisotopic (exact) mass is 276 g/mol. The molecule has 0 saturated heterocycles. The Balaban J connectivity index is 2.00. The van der Waals surface area contributed by atoms with Crippen molar-refractivity contribution in [3.8, 4) is 5.75 Å². The summed E-state index contributed by atoms with van der Waals surface area (Å²) in [6.07, 6.45) is 3.90. The molecule has 0 aromatic heterocycles. The molecule has 0 aliphatic carbocycles. The number of benzene rings is 2. The highest BCUT2D eigenvalue weighted by Crippen LogP contribution is 2.39. The first-order valence-corrected chi connectivity index (χ1v) is 6.38. The van der Waals surface area contributed by atoms with Gasteiger partial charge in [-0.15, -0.1) is 0 Å². The van der Waals surface area contributed by atoms with Crippen molar-refractivity contribution in [3.63, 3.8) is 0 Å². The highest BCUT2D eigenvalue weighted by atomic mass is 35.5. The highest BCUT2D eigenvalue weighted by molar-refractivity contribution is 6.36. The number of halogens is 2. The summed E-state index contributed by atoms with van der Waals surface area (Å²) in [5, 5.41) is 1.16. The average Bonchev–Trinajstić information content (AvgIpc) is 2.39. The molecule has 1 heterocycles. The van der Waals surface area contributed by atoms with Gasteiger partial charge in [0, 0.05) is 10.6 Å². The van der Waals surface area contributed by atoms with Crippen molar-refractivity contribution in [1.82, 2.24) is 0 Å². The minimum absolute atomic E-state index is 0.0997. The second kappa shape index (κ2) is 4.68. The van der Waals surface area contributed by atoms with E-state index in [1.807, 2.05) is 48.6 Å². The second-order valence-corrected chi connectivity index (χ2v) is 4.96. The molecule has 3 heteroatoms. The van der Waals surface area contributed by atoms with Crippen LogP contribution in [0.15, 0.2) is 48.5 Å². The Morgan fingerprint density at radius 3 is 2.56 bits per heavy atom. The number of rotatable bonds is 1. The van der Waals surface area contributed by atoms with E-state index in [9.17, 15) is 0 Å². The normalized spacial score (nSPS) is 17.1. The van der Waals surface area contributed by atoms with Gasteiger partial charge in [-0.2, -0.15) is 0 Å². The fraction of sp³-hybridized carbons (Fsp3) is 0.0667. The molecule has 0 radical (unpaired) electrons. The summed E-state index contributed by atoms with van der Waals surface area (Å²) in [5.74, 6) is 0.692. The standard InChI is InChI=1S/C15H10Cl2O/c16-12-8-11-6-7-14(10-4-2-1-3-5-10)18-15(11)13(17)9-12/h1-9,14H. The van der Waals surface area contributed by atoms with Crippen molar-refractivity contribution in [2.75, 3.05) is 0 Å². The van der Waals surface area contributed by atoms with Gasteiger partial charge in [0.2, 0.25) is 0 Å². The zero-order chi connectivity index (χ0) is 12.5. The molecule has 0 N–H and O–H groups in total. The van der Waals surface area contributed by atoms with E-state index in [1.165, 1.54) is 0 Å². The van der Waals surface area contributed by atoms with Crippen LogP contribution >= 0.6 is 23.2 Å². The Bertz CT molecular complexity index is 605. The zero-order valence-corrected chi connectivity index (χ0v) is 10.9. The van der Waals surface area contributed by atoms with E-state index in [0.717, 1.165) is 11.1 Å². The van der Waals surface area contributed by atoms with Crippen LogP contribution in [0.2, 0.25) is 10.0 Å². The van der Waals surface area contributed by atoms with Gasteiger partial charge in [-0.3, -0.25) is 0 Å². The molecule has 1 nitrogen and oxygen atoms in total. The molecule has 0 amide bonds. The third kappa shape index (κ3) is 2.12. The van der Waals surface area contributed by atoms with Crippen LogP contribution in [0, 0.1) is 0 Å². The molecular formula is C15H10Cl2O. The van der Waals surface area contributed by atoms with Gasteiger partial charge >= 0.3 is 0 Å². The lowest BCUT2D eigenvalue weighted by atomic mass is 10.0. The first-order chi connectivity index (χ1) is 8.74. The summed E-state index contributed by atoms with van der Waals surface area (Å²) >= 11 is 12.1. The van der Waals surface area contributed by atoms with Gasteiger partial charge in [-0.1, -0.05) is 59.6 Å². The second-order valence-electron chi connectivity index (χ2n) is 4.11. The van der Waals surface area contributed by atoms with Crippen molar-refractivity contribution in [3.05, 3.63) is 69.7 Å². The topological polar surface area (TPSA) is 9.23 Å². The number of fused-ring (bicyclic) bond motifs is 1. The number of ether oxygens (including phenoxy) is 1. The Kier molecular flexibility index (Phi) is 3.02. The van der Waals surface area contributed by atoms with Crippen molar-refractivity contribution < 1.29 is 4.74 Å². The van der Waals surface area contributed by atoms with Gasteiger partial charge in [-0.05, 0) is 23.8 Å². The number of hydrogen-bond donors (Lipinski definition) is 0. The van der Waals surface area contributed by atoms with E-state index in [0.29, 0.717) is 15.8 Å². The minimum Gasteiger partial charge on any atom is -0.479 e. The van der Waals surface area contributed by atoms with Crippen LogP contribution < -0.4 is 4.74 Å². The molecule has 0 fully saturated rings. The van der Waals surface area contributed by atoms with Crippen LogP contribution in [-0.4, -0.2) is 0 Å². The van der Waals surface area contributed by atoms with Gasteiger partial charge < -0.3 is 4.74 Å². The lowest BCUT2D eigenvalue weighted by Gasteiger charge is -2.22. The predicted octanol–water partition coefficient (Wildman–Crippen LogP) is 5.14. The molecule has 1 unspecified atom stereocenters. The summed E-state index contributed by atoms with van der Waals surface area (Å²) < 4.78 is 5.93. The lowest BCUT2D eigenvalue weighted by Crippen LogP contribution is -2.09. The molecule has 2 aromatic rings. The van der Waals surface area contributed by atoms with Crippen molar-refractivity contribution in [2.45, 2.75) is 6.10 Å². The molecule has 2 aromatic carbocycles. The lowest BCUT2D eigenvalue weighted by molar-refractivity contribution is 0.252. The van der Waals surface area contributed by atoms with Crippen LogP contribution in [0.25, 0.3) is 6.08 Å². The molecule has 1 atom stereocenters. The molecule has 1 aliphatic heterocycles. The maximum absolute atomic E-state index is 6.16. The van der Waals surface area contributed by atoms with Crippen LogP contribution in [0.5, 0.6) is 5.75 Å².